The number of halogens is 1. The first kappa shape index (κ1) is 11.7. The maximum absolute atomic E-state index is 12.0. The predicted octanol–water partition coefficient (Wildman–Crippen LogP) is 2.52. The van der Waals surface area contributed by atoms with Gasteiger partial charge in [-0.3, -0.25) is 4.79 Å². The number of rotatable bonds is 2. The number of carbonyl (C=O) groups is 1. The lowest BCUT2D eigenvalue weighted by Crippen LogP contribution is -2.47. The van der Waals surface area contributed by atoms with Crippen molar-refractivity contribution < 1.29 is 4.79 Å². The van der Waals surface area contributed by atoms with E-state index in [9.17, 15) is 4.79 Å². The van der Waals surface area contributed by atoms with Crippen LogP contribution >= 0.6 is 27.3 Å². The molecule has 92 valence electrons. The first-order valence-electron chi connectivity index (χ1n) is 6.01. The van der Waals surface area contributed by atoms with E-state index in [2.05, 4.69) is 26.6 Å². The van der Waals surface area contributed by atoms with E-state index in [1.807, 2.05) is 11.4 Å². The van der Waals surface area contributed by atoms with Crippen LogP contribution in [0.4, 0.5) is 0 Å². The van der Waals surface area contributed by atoms with Gasteiger partial charge in [-0.25, -0.2) is 0 Å². The minimum absolute atomic E-state index is 0.0759. The molecule has 2 atom stereocenters. The Morgan fingerprint density at radius 3 is 2.71 bits per heavy atom. The highest BCUT2D eigenvalue weighted by Crippen LogP contribution is 2.27. The Morgan fingerprint density at radius 1 is 1.41 bits per heavy atom. The van der Waals surface area contributed by atoms with Crippen LogP contribution in [0.2, 0.25) is 0 Å². The van der Waals surface area contributed by atoms with Crippen molar-refractivity contribution in [3.8, 4) is 0 Å². The Labute approximate surface area is 113 Å². The van der Waals surface area contributed by atoms with E-state index in [0.29, 0.717) is 18.1 Å². The van der Waals surface area contributed by atoms with Crippen molar-refractivity contribution in [3.63, 3.8) is 0 Å². The van der Waals surface area contributed by atoms with Gasteiger partial charge in [0.25, 0.3) is 5.91 Å². The van der Waals surface area contributed by atoms with Gasteiger partial charge in [-0.1, -0.05) is 0 Å². The molecule has 5 heteroatoms. The molecule has 1 aromatic heterocycles. The summed E-state index contributed by atoms with van der Waals surface area (Å²) in [5, 5.41) is 8.69. The molecule has 1 aromatic rings. The van der Waals surface area contributed by atoms with E-state index in [1.165, 1.54) is 24.2 Å². The summed E-state index contributed by atoms with van der Waals surface area (Å²) < 4.78 is 0.984. The van der Waals surface area contributed by atoms with Gasteiger partial charge in [0.15, 0.2) is 0 Å². The van der Waals surface area contributed by atoms with Crippen molar-refractivity contribution in [2.45, 2.75) is 43.8 Å². The Hall–Kier alpha value is -0.390. The molecule has 3 rings (SSSR count). The molecule has 2 bridgehead atoms. The van der Waals surface area contributed by atoms with Gasteiger partial charge >= 0.3 is 0 Å². The zero-order chi connectivity index (χ0) is 11.8. The molecule has 17 heavy (non-hydrogen) atoms. The second-order valence-electron chi connectivity index (χ2n) is 4.91. The van der Waals surface area contributed by atoms with Crippen molar-refractivity contribution in [2.75, 3.05) is 0 Å². The Bertz CT molecular complexity index is 422. The zero-order valence-electron chi connectivity index (χ0n) is 9.41. The molecule has 2 unspecified atom stereocenters. The lowest BCUT2D eigenvalue weighted by atomic mass is 10.00. The molecule has 1 amide bonds. The summed E-state index contributed by atoms with van der Waals surface area (Å²) in [5.41, 5.74) is 0. The summed E-state index contributed by atoms with van der Waals surface area (Å²) in [6.07, 6.45) is 4.69. The second kappa shape index (κ2) is 4.71. The molecule has 2 aliphatic heterocycles. The highest BCUT2D eigenvalue weighted by atomic mass is 79.9. The third-order valence-electron chi connectivity index (χ3n) is 3.60. The third-order valence-corrected chi connectivity index (χ3v) is 5.29. The highest BCUT2D eigenvalue weighted by molar-refractivity contribution is 9.10. The summed E-state index contributed by atoms with van der Waals surface area (Å²) in [6.45, 7) is 0. The quantitative estimate of drug-likeness (QED) is 0.880. The van der Waals surface area contributed by atoms with E-state index >= 15 is 0 Å². The van der Waals surface area contributed by atoms with Crippen LogP contribution in [0.3, 0.4) is 0 Å². The molecule has 0 aromatic carbocycles. The fourth-order valence-electron chi connectivity index (χ4n) is 2.86. The van der Waals surface area contributed by atoms with E-state index < -0.39 is 0 Å². The topological polar surface area (TPSA) is 41.1 Å². The van der Waals surface area contributed by atoms with Crippen LogP contribution < -0.4 is 10.6 Å². The number of hydrogen-bond donors (Lipinski definition) is 2. The molecular formula is C12H15BrN2OS. The van der Waals surface area contributed by atoms with Gasteiger partial charge in [0.2, 0.25) is 0 Å². The van der Waals surface area contributed by atoms with Crippen LogP contribution in [0.1, 0.15) is 35.4 Å². The smallest absolute Gasteiger partial charge is 0.261 e. The van der Waals surface area contributed by atoms with Crippen molar-refractivity contribution in [2.24, 2.45) is 0 Å². The summed E-state index contributed by atoms with van der Waals surface area (Å²) in [5.74, 6) is 0.0759. The van der Waals surface area contributed by atoms with Gasteiger partial charge < -0.3 is 10.6 Å². The molecule has 2 aliphatic rings. The SMILES string of the molecule is O=C(NC1CC2CCC(C1)N2)c1cc(Br)cs1. The van der Waals surface area contributed by atoms with E-state index in [4.69, 9.17) is 0 Å². The van der Waals surface area contributed by atoms with Gasteiger partial charge in [-0.05, 0) is 47.7 Å². The number of nitrogens with one attached hydrogen (secondary N) is 2. The maximum Gasteiger partial charge on any atom is 0.261 e. The molecule has 0 radical (unpaired) electrons. The fraction of sp³-hybridized carbons (Fsp3) is 0.583. The molecule has 0 saturated carbocycles. The van der Waals surface area contributed by atoms with Crippen LogP contribution in [0, 0.1) is 0 Å². The molecule has 2 saturated heterocycles. The number of carbonyl (C=O) groups excluding carboxylic acids is 1. The average molecular weight is 315 g/mol. The van der Waals surface area contributed by atoms with Gasteiger partial charge in [-0.15, -0.1) is 11.3 Å². The molecule has 0 aliphatic carbocycles. The number of piperidine rings is 1. The monoisotopic (exact) mass is 314 g/mol. The summed E-state index contributed by atoms with van der Waals surface area (Å²) >= 11 is 4.86. The standard InChI is InChI=1S/C12H15BrN2OS/c13-7-3-11(17-6-7)12(16)15-10-4-8-1-2-9(5-10)14-8/h3,6,8-10,14H,1-2,4-5H2,(H,15,16). The first-order chi connectivity index (χ1) is 8.20. The van der Waals surface area contributed by atoms with Crippen LogP contribution in [0.15, 0.2) is 15.9 Å². The third kappa shape index (κ3) is 2.56. The largest absolute Gasteiger partial charge is 0.348 e. The van der Waals surface area contributed by atoms with Crippen LogP contribution in [0.25, 0.3) is 0 Å². The van der Waals surface area contributed by atoms with Gasteiger partial charge in [0.1, 0.15) is 0 Å². The van der Waals surface area contributed by atoms with Crippen molar-refractivity contribution in [3.05, 3.63) is 20.8 Å². The summed E-state index contributed by atoms with van der Waals surface area (Å²) in [4.78, 5) is 12.8. The molecule has 2 fully saturated rings. The molecule has 3 heterocycles. The van der Waals surface area contributed by atoms with Crippen molar-refractivity contribution in [1.29, 1.82) is 0 Å². The molecule has 3 nitrogen and oxygen atoms in total. The van der Waals surface area contributed by atoms with Crippen molar-refractivity contribution >= 4 is 33.2 Å². The number of hydrogen-bond acceptors (Lipinski definition) is 3. The van der Waals surface area contributed by atoms with Gasteiger partial charge in [-0.2, -0.15) is 0 Å². The van der Waals surface area contributed by atoms with Gasteiger partial charge in [0, 0.05) is 28.0 Å². The average Bonchev–Trinajstić information content (AvgIpc) is 2.85. The van der Waals surface area contributed by atoms with Gasteiger partial charge in [0.05, 0.1) is 4.88 Å². The summed E-state index contributed by atoms with van der Waals surface area (Å²) in [7, 11) is 0. The zero-order valence-corrected chi connectivity index (χ0v) is 11.8. The summed E-state index contributed by atoms with van der Waals surface area (Å²) in [6, 6.07) is 3.47. The van der Waals surface area contributed by atoms with E-state index in [-0.39, 0.29) is 5.91 Å². The molecular weight excluding hydrogens is 300 g/mol. The highest BCUT2D eigenvalue weighted by Gasteiger charge is 2.34. The second-order valence-corrected chi connectivity index (χ2v) is 6.74. The predicted molar refractivity (Wildman–Crippen MR) is 72.5 cm³/mol. The minimum atomic E-state index is 0.0759. The van der Waals surface area contributed by atoms with Crippen LogP contribution in [0.5, 0.6) is 0 Å². The normalized spacial score (nSPS) is 31.5. The van der Waals surface area contributed by atoms with Crippen LogP contribution in [-0.4, -0.2) is 24.0 Å². The maximum atomic E-state index is 12.0. The number of amides is 1. The lowest BCUT2D eigenvalue weighted by Gasteiger charge is -2.29. The first-order valence-corrected chi connectivity index (χ1v) is 7.69. The minimum Gasteiger partial charge on any atom is -0.348 e. The number of thiophene rings is 1. The Morgan fingerprint density at radius 2 is 2.12 bits per heavy atom. The Balaban J connectivity index is 1.62. The fourth-order valence-corrected chi connectivity index (χ4v) is 4.19. The molecule has 0 spiro atoms. The molecule has 2 N–H and O–H groups in total. The number of fused-ring (bicyclic) bond motifs is 2. The van der Waals surface area contributed by atoms with E-state index in [1.54, 1.807) is 0 Å². The van der Waals surface area contributed by atoms with Crippen molar-refractivity contribution in [1.82, 2.24) is 10.6 Å². The Kier molecular flexibility index (Phi) is 3.23. The van der Waals surface area contributed by atoms with Crippen LogP contribution in [-0.2, 0) is 0 Å². The van der Waals surface area contributed by atoms with E-state index in [0.717, 1.165) is 22.2 Å². The lowest BCUT2D eigenvalue weighted by molar-refractivity contribution is 0.0928.